The van der Waals surface area contributed by atoms with E-state index in [1.54, 1.807) is 0 Å². The average molecular weight is 258 g/mol. The standard InChI is InChI=1S/C13H28NO2Si/c1-6-15-17(16-7-2)10-8-9-14-13(5)11-12(3)4/h12H,6-11H2,1-5H3. The van der Waals surface area contributed by atoms with Crippen LogP contribution in [0.2, 0.25) is 6.04 Å². The van der Waals surface area contributed by atoms with Crippen LogP contribution in [0.15, 0.2) is 4.99 Å². The van der Waals surface area contributed by atoms with Crippen molar-refractivity contribution in [2.24, 2.45) is 10.9 Å². The van der Waals surface area contributed by atoms with Gasteiger partial charge in [-0.15, -0.1) is 0 Å². The lowest BCUT2D eigenvalue weighted by atomic mass is 10.1. The molecule has 101 valence electrons. The summed E-state index contributed by atoms with van der Waals surface area (Å²) < 4.78 is 11.2. The monoisotopic (exact) mass is 258 g/mol. The van der Waals surface area contributed by atoms with E-state index in [1.807, 2.05) is 13.8 Å². The van der Waals surface area contributed by atoms with Gasteiger partial charge in [-0.25, -0.2) is 0 Å². The van der Waals surface area contributed by atoms with Crippen LogP contribution in [0.5, 0.6) is 0 Å². The normalized spacial score (nSPS) is 12.8. The zero-order valence-corrected chi connectivity index (χ0v) is 13.1. The van der Waals surface area contributed by atoms with Gasteiger partial charge in [0.05, 0.1) is 0 Å². The van der Waals surface area contributed by atoms with Crippen LogP contribution in [-0.4, -0.2) is 34.8 Å². The Morgan fingerprint density at radius 1 is 1.18 bits per heavy atom. The summed E-state index contributed by atoms with van der Waals surface area (Å²) in [5, 5.41) is 0. The topological polar surface area (TPSA) is 30.8 Å². The van der Waals surface area contributed by atoms with E-state index in [-0.39, 0.29) is 0 Å². The molecule has 0 heterocycles. The Labute approximate surface area is 108 Å². The fourth-order valence-corrected chi connectivity index (χ4v) is 3.12. The Balaban J connectivity index is 3.72. The highest BCUT2D eigenvalue weighted by Crippen LogP contribution is 2.04. The van der Waals surface area contributed by atoms with Crippen LogP contribution < -0.4 is 0 Å². The van der Waals surface area contributed by atoms with Gasteiger partial charge in [0.25, 0.3) is 0 Å². The predicted molar refractivity (Wildman–Crippen MR) is 75.9 cm³/mol. The van der Waals surface area contributed by atoms with Crippen LogP contribution in [0.1, 0.15) is 47.5 Å². The third-order valence-electron chi connectivity index (χ3n) is 2.24. The molecule has 1 radical (unpaired) electrons. The second kappa shape index (κ2) is 10.9. The van der Waals surface area contributed by atoms with Gasteiger partial charge in [0.15, 0.2) is 0 Å². The van der Waals surface area contributed by atoms with Crippen molar-refractivity contribution < 1.29 is 8.85 Å². The highest BCUT2D eigenvalue weighted by Gasteiger charge is 2.13. The summed E-state index contributed by atoms with van der Waals surface area (Å²) in [4.78, 5) is 4.58. The first kappa shape index (κ1) is 16.8. The van der Waals surface area contributed by atoms with Gasteiger partial charge in [-0.1, -0.05) is 13.8 Å². The molecular formula is C13H28NO2Si. The van der Waals surface area contributed by atoms with E-state index in [0.29, 0.717) is 5.92 Å². The van der Waals surface area contributed by atoms with Gasteiger partial charge in [-0.3, -0.25) is 4.99 Å². The first-order valence-electron chi connectivity index (χ1n) is 6.71. The molecule has 0 amide bonds. The molecule has 0 atom stereocenters. The molecule has 3 nitrogen and oxygen atoms in total. The molecule has 0 spiro atoms. The van der Waals surface area contributed by atoms with E-state index in [2.05, 4.69) is 25.8 Å². The lowest BCUT2D eigenvalue weighted by Gasteiger charge is -2.12. The second-order valence-electron chi connectivity index (χ2n) is 4.56. The Morgan fingerprint density at radius 2 is 1.76 bits per heavy atom. The van der Waals surface area contributed by atoms with Gasteiger partial charge < -0.3 is 8.85 Å². The fraction of sp³-hybridized carbons (Fsp3) is 0.923. The third-order valence-corrected chi connectivity index (χ3v) is 4.22. The molecule has 0 aromatic rings. The van der Waals surface area contributed by atoms with E-state index in [9.17, 15) is 0 Å². The molecular weight excluding hydrogens is 230 g/mol. The minimum Gasteiger partial charge on any atom is -0.394 e. The molecule has 0 fully saturated rings. The SMILES string of the molecule is CCO[Si](CCCN=C(C)CC(C)C)OCC. The molecule has 0 aliphatic carbocycles. The molecule has 0 rings (SSSR count). The lowest BCUT2D eigenvalue weighted by molar-refractivity contribution is 0.213. The summed E-state index contributed by atoms with van der Waals surface area (Å²) in [5.74, 6) is 0.699. The number of rotatable bonds is 10. The zero-order valence-electron chi connectivity index (χ0n) is 12.1. The fourth-order valence-electron chi connectivity index (χ4n) is 1.66. The van der Waals surface area contributed by atoms with Crippen LogP contribution >= 0.6 is 0 Å². The van der Waals surface area contributed by atoms with Crippen molar-refractivity contribution in [2.75, 3.05) is 19.8 Å². The summed E-state index contributed by atoms with van der Waals surface area (Å²) in [5.41, 5.74) is 1.27. The molecule has 4 heteroatoms. The van der Waals surface area contributed by atoms with Gasteiger partial charge in [0.1, 0.15) is 0 Å². The van der Waals surface area contributed by atoms with Gasteiger partial charge in [-0.05, 0) is 45.6 Å². The van der Waals surface area contributed by atoms with E-state index in [0.717, 1.165) is 38.6 Å². The van der Waals surface area contributed by atoms with Crippen molar-refractivity contribution in [3.63, 3.8) is 0 Å². The molecule has 0 bridgehead atoms. The Bertz CT molecular complexity index is 202. The molecule has 0 aliphatic rings. The Kier molecular flexibility index (Phi) is 10.8. The summed E-state index contributed by atoms with van der Waals surface area (Å²) in [6, 6.07) is 1.03. The second-order valence-corrected chi connectivity index (χ2v) is 6.38. The highest BCUT2D eigenvalue weighted by atomic mass is 28.3. The van der Waals surface area contributed by atoms with Gasteiger partial charge in [0.2, 0.25) is 0 Å². The highest BCUT2D eigenvalue weighted by molar-refractivity contribution is 6.44. The minimum atomic E-state index is -1.04. The summed E-state index contributed by atoms with van der Waals surface area (Å²) >= 11 is 0. The van der Waals surface area contributed by atoms with Gasteiger partial charge in [-0.2, -0.15) is 0 Å². The zero-order chi connectivity index (χ0) is 13.1. The summed E-state index contributed by atoms with van der Waals surface area (Å²) in [6.45, 7) is 13.0. The van der Waals surface area contributed by atoms with Crippen LogP contribution in [0.3, 0.4) is 0 Å². The predicted octanol–water partition coefficient (Wildman–Crippen LogP) is 3.44. The summed E-state index contributed by atoms with van der Waals surface area (Å²) in [7, 11) is -1.04. The maximum Gasteiger partial charge on any atom is 0.384 e. The van der Waals surface area contributed by atoms with Crippen molar-refractivity contribution in [2.45, 2.75) is 53.5 Å². The minimum absolute atomic E-state index is 0.699. The summed E-state index contributed by atoms with van der Waals surface area (Å²) in [6.07, 6.45) is 2.18. The first-order valence-corrected chi connectivity index (χ1v) is 8.23. The molecule has 0 saturated heterocycles. The maximum atomic E-state index is 5.59. The van der Waals surface area contributed by atoms with E-state index >= 15 is 0 Å². The van der Waals surface area contributed by atoms with Crippen LogP contribution in [0.4, 0.5) is 0 Å². The Morgan fingerprint density at radius 3 is 2.24 bits per heavy atom. The molecule has 0 aromatic heterocycles. The Hall–Kier alpha value is -0.193. The molecule has 0 aromatic carbocycles. The van der Waals surface area contributed by atoms with Crippen molar-refractivity contribution in [3.05, 3.63) is 0 Å². The molecule has 0 aliphatic heterocycles. The molecule has 0 N–H and O–H groups in total. The number of aliphatic imine (C=N–C) groups is 1. The van der Waals surface area contributed by atoms with Crippen LogP contribution in [0, 0.1) is 5.92 Å². The number of hydrogen-bond acceptors (Lipinski definition) is 3. The van der Waals surface area contributed by atoms with E-state index in [4.69, 9.17) is 8.85 Å². The smallest absolute Gasteiger partial charge is 0.384 e. The molecule has 0 unspecified atom stereocenters. The van der Waals surface area contributed by atoms with E-state index < -0.39 is 9.28 Å². The van der Waals surface area contributed by atoms with Crippen molar-refractivity contribution >= 4 is 15.0 Å². The number of hydrogen-bond donors (Lipinski definition) is 0. The maximum absolute atomic E-state index is 5.59. The molecule has 0 saturated carbocycles. The van der Waals surface area contributed by atoms with Gasteiger partial charge >= 0.3 is 9.28 Å². The number of nitrogens with zero attached hydrogens (tertiary/aromatic N) is 1. The van der Waals surface area contributed by atoms with Crippen LogP contribution in [-0.2, 0) is 8.85 Å². The lowest BCUT2D eigenvalue weighted by Crippen LogP contribution is -2.22. The molecule has 17 heavy (non-hydrogen) atoms. The van der Waals surface area contributed by atoms with E-state index in [1.165, 1.54) is 5.71 Å². The first-order chi connectivity index (χ1) is 8.10. The van der Waals surface area contributed by atoms with Crippen LogP contribution in [0.25, 0.3) is 0 Å². The average Bonchev–Trinajstić information content (AvgIpc) is 2.24. The quantitative estimate of drug-likeness (QED) is 0.341. The van der Waals surface area contributed by atoms with Gasteiger partial charge in [0, 0.05) is 25.5 Å². The van der Waals surface area contributed by atoms with Crippen molar-refractivity contribution in [1.82, 2.24) is 0 Å². The van der Waals surface area contributed by atoms with Crippen molar-refractivity contribution in [1.29, 1.82) is 0 Å². The van der Waals surface area contributed by atoms with Crippen molar-refractivity contribution in [3.8, 4) is 0 Å². The third kappa shape index (κ3) is 10.7. The largest absolute Gasteiger partial charge is 0.394 e.